The summed E-state index contributed by atoms with van der Waals surface area (Å²) in [6.45, 7) is 0. The second kappa shape index (κ2) is 4.11. The Morgan fingerprint density at radius 2 is 1.63 bits per heavy atom. The molecule has 6 heteroatoms. The zero-order valence-corrected chi connectivity index (χ0v) is 11.5. The van der Waals surface area contributed by atoms with Crippen LogP contribution in [0.5, 0.6) is 0 Å². The van der Waals surface area contributed by atoms with Crippen LogP contribution >= 0.6 is 22.6 Å². The molecule has 0 spiro atoms. The van der Waals surface area contributed by atoms with E-state index in [0.29, 0.717) is 16.8 Å². The van der Waals surface area contributed by atoms with Crippen LogP contribution < -0.4 is 0 Å². The van der Waals surface area contributed by atoms with Crippen LogP contribution in [0.3, 0.4) is 0 Å². The molecule has 2 aromatic rings. The smallest absolute Gasteiger partial charge is 0.214 e. The van der Waals surface area contributed by atoms with Gasteiger partial charge in [0.25, 0.3) is 0 Å². The highest BCUT2D eigenvalue weighted by atomic mass is 127. The summed E-state index contributed by atoms with van der Waals surface area (Å²) in [5, 5.41) is 17.9. The lowest BCUT2D eigenvalue weighted by molar-refractivity contribution is 0.103. The number of carbonyl (C=O) groups is 1. The Kier molecular flexibility index (Phi) is 2.54. The second-order valence-corrected chi connectivity index (χ2v) is 5.11. The molecule has 88 valence electrons. The molecule has 0 saturated carbocycles. The molecule has 0 fully saturated rings. The summed E-state index contributed by atoms with van der Waals surface area (Å²) in [5.41, 5.74) is 1.53. The predicted molar refractivity (Wildman–Crippen MR) is 73.0 cm³/mol. The number of nitrogens with zero attached hydrogens (tertiary/aromatic N) is 4. The van der Waals surface area contributed by atoms with E-state index in [1.54, 1.807) is 18.2 Å². The van der Waals surface area contributed by atoms with Crippen molar-refractivity contribution >= 4 is 28.4 Å². The molecule has 3 rings (SSSR count). The number of nitriles is 2. The van der Waals surface area contributed by atoms with E-state index in [1.165, 1.54) is 0 Å². The lowest BCUT2D eigenvalue weighted by Crippen LogP contribution is -2.04. The van der Waals surface area contributed by atoms with Crippen molar-refractivity contribution in [2.45, 2.75) is 0 Å². The Balaban J connectivity index is 2.36. The number of carbonyl (C=O) groups excluding carboxylic acids is 1. The fourth-order valence-corrected chi connectivity index (χ4v) is 2.47. The molecular weight excluding hydrogens is 355 g/mol. The van der Waals surface area contributed by atoms with Gasteiger partial charge in [0.05, 0.1) is 0 Å². The molecule has 0 atom stereocenters. The van der Waals surface area contributed by atoms with Gasteiger partial charge in [0.2, 0.25) is 5.78 Å². The van der Waals surface area contributed by atoms with Gasteiger partial charge in [-0.25, -0.2) is 9.97 Å². The summed E-state index contributed by atoms with van der Waals surface area (Å²) in [4.78, 5) is 20.3. The van der Waals surface area contributed by atoms with Gasteiger partial charge in [-0.15, -0.1) is 0 Å². The van der Waals surface area contributed by atoms with Gasteiger partial charge in [0, 0.05) is 14.7 Å². The van der Waals surface area contributed by atoms with Crippen molar-refractivity contribution in [3.63, 3.8) is 0 Å². The molecule has 0 amide bonds. The molecular formula is C13H3IN4O. The molecule has 1 aliphatic carbocycles. The third-order valence-electron chi connectivity index (χ3n) is 2.80. The first kappa shape index (κ1) is 11.8. The van der Waals surface area contributed by atoms with Crippen molar-refractivity contribution in [3.8, 4) is 23.4 Å². The summed E-state index contributed by atoms with van der Waals surface area (Å²) in [5.74, 6) is -0.253. The zero-order chi connectivity index (χ0) is 13.6. The van der Waals surface area contributed by atoms with Crippen molar-refractivity contribution in [2.75, 3.05) is 0 Å². The van der Waals surface area contributed by atoms with Crippen LogP contribution in [0.2, 0.25) is 0 Å². The largest absolute Gasteiger partial charge is 0.287 e. The molecule has 0 N–H and O–H groups in total. The van der Waals surface area contributed by atoms with Crippen LogP contribution in [0.4, 0.5) is 0 Å². The first-order valence-electron chi connectivity index (χ1n) is 5.22. The topological polar surface area (TPSA) is 90.4 Å². The summed E-state index contributed by atoms with van der Waals surface area (Å²) in [6, 6.07) is 8.99. The van der Waals surface area contributed by atoms with Crippen LogP contribution in [0.15, 0.2) is 18.2 Å². The van der Waals surface area contributed by atoms with E-state index in [9.17, 15) is 4.79 Å². The first-order valence-corrected chi connectivity index (χ1v) is 6.30. The van der Waals surface area contributed by atoms with Gasteiger partial charge in [0.1, 0.15) is 23.5 Å². The van der Waals surface area contributed by atoms with E-state index in [-0.39, 0.29) is 22.9 Å². The monoisotopic (exact) mass is 358 g/mol. The molecule has 1 aromatic carbocycles. The van der Waals surface area contributed by atoms with Gasteiger partial charge in [-0.1, -0.05) is 6.07 Å². The molecule has 1 aliphatic rings. The lowest BCUT2D eigenvalue weighted by Gasteiger charge is -1.99. The Morgan fingerprint density at radius 3 is 2.26 bits per heavy atom. The molecule has 1 aromatic heterocycles. The summed E-state index contributed by atoms with van der Waals surface area (Å²) in [6.07, 6.45) is 0. The van der Waals surface area contributed by atoms with Crippen molar-refractivity contribution in [3.05, 3.63) is 44.4 Å². The Hall–Kier alpha value is -2.32. The summed E-state index contributed by atoms with van der Waals surface area (Å²) >= 11 is 2.11. The predicted octanol–water partition coefficient (Wildman–Crippen LogP) is 2.04. The minimum absolute atomic E-state index is 0.0551. The molecule has 5 nitrogen and oxygen atoms in total. The van der Waals surface area contributed by atoms with Gasteiger partial charge in [-0.3, -0.25) is 4.79 Å². The van der Waals surface area contributed by atoms with Crippen molar-refractivity contribution in [2.24, 2.45) is 0 Å². The number of rotatable bonds is 0. The van der Waals surface area contributed by atoms with E-state index in [0.717, 1.165) is 3.57 Å². The number of aromatic nitrogens is 2. The lowest BCUT2D eigenvalue weighted by atomic mass is 10.1. The maximum absolute atomic E-state index is 12.2. The fourth-order valence-electron chi connectivity index (χ4n) is 1.98. The van der Waals surface area contributed by atoms with Crippen LogP contribution in [0.1, 0.15) is 27.4 Å². The highest BCUT2D eigenvalue weighted by Gasteiger charge is 2.31. The van der Waals surface area contributed by atoms with Gasteiger partial charge in [-0.05, 0) is 34.7 Å². The fraction of sp³-hybridized carbons (Fsp3) is 0. The minimum atomic E-state index is -0.253. The van der Waals surface area contributed by atoms with Gasteiger partial charge >= 0.3 is 0 Å². The summed E-state index contributed by atoms with van der Waals surface area (Å²) in [7, 11) is 0. The van der Waals surface area contributed by atoms with E-state index in [4.69, 9.17) is 10.5 Å². The van der Waals surface area contributed by atoms with E-state index >= 15 is 0 Å². The number of hydrogen-bond acceptors (Lipinski definition) is 5. The third-order valence-corrected chi connectivity index (χ3v) is 3.48. The molecule has 19 heavy (non-hydrogen) atoms. The van der Waals surface area contributed by atoms with Crippen molar-refractivity contribution in [1.82, 2.24) is 9.97 Å². The molecule has 0 radical (unpaired) electrons. The van der Waals surface area contributed by atoms with Crippen LogP contribution in [-0.4, -0.2) is 15.8 Å². The van der Waals surface area contributed by atoms with Crippen LogP contribution in [0, 0.1) is 26.2 Å². The SMILES string of the molecule is N#Cc1nc2c(nc1C#N)-c1ccc(I)cc1C2=O. The standard InChI is InChI=1S/C13H3IN4O/c14-6-1-2-7-8(3-6)13(19)12-11(7)17-9(4-15)10(5-16)18-12/h1-3H. The quantitative estimate of drug-likeness (QED) is 0.574. The minimum Gasteiger partial charge on any atom is -0.287 e. The van der Waals surface area contributed by atoms with E-state index in [1.807, 2.05) is 12.1 Å². The molecule has 0 saturated heterocycles. The third kappa shape index (κ3) is 1.61. The van der Waals surface area contributed by atoms with E-state index < -0.39 is 0 Å². The van der Waals surface area contributed by atoms with Crippen LogP contribution in [-0.2, 0) is 0 Å². The molecule has 0 aliphatic heterocycles. The normalized spacial score (nSPS) is 11.4. The maximum Gasteiger partial charge on any atom is 0.214 e. The average Bonchev–Trinajstić information content (AvgIpc) is 2.70. The number of benzene rings is 1. The van der Waals surface area contributed by atoms with Crippen LogP contribution in [0.25, 0.3) is 11.3 Å². The van der Waals surface area contributed by atoms with E-state index in [2.05, 4.69) is 32.6 Å². The molecule has 0 bridgehead atoms. The molecule has 1 heterocycles. The highest BCUT2D eigenvalue weighted by molar-refractivity contribution is 14.1. The van der Waals surface area contributed by atoms with Crippen molar-refractivity contribution < 1.29 is 4.79 Å². The Labute approximate surface area is 121 Å². The van der Waals surface area contributed by atoms with Gasteiger partial charge in [0.15, 0.2) is 11.4 Å². The number of ketones is 1. The Bertz CT molecular complexity index is 830. The zero-order valence-electron chi connectivity index (χ0n) is 9.31. The number of halogens is 1. The average molecular weight is 358 g/mol. The number of hydrogen-bond donors (Lipinski definition) is 0. The second-order valence-electron chi connectivity index (χ2n) is 3.86. The van der Waals surface area contributed by atoms with Gasteiger partial charge in [-0.2, -0.15) is 10.5 Å². The first-order chi connectivity index (χ1) is 9.15. The maximum atomic E-state index is 12.2. The summed E-state index contributed by atoms with van der Waals surface area (Å²) < 4.78 is 0.929. The molecule has 0 unspecified atom stereocenters. The Morgan fingerprint density at radius 1 is 1.00 bits per heavy atom. The van der Waals surface area contributed by atoms with Crippen molar-refractivity contribution in [1.29, 1.82) is 10.5 Å². The van der Waals surface area contributed by atoms with Gasteiger partial charge < -0.3 is 0 Å². The number of fused-ring (bicyclic) bond motifs is 3. The highest BCUT2D eigenvalue weighted by Crippen LogP contribution is 2.35.